The number of carbonyl (C=O) groups is 2. The molecule has 2 nitrogen and oxygen atoms in total. The van der Waals surface area contributed by atoms with Crippen LogP contribution in [0.1, 0.15) is 20.3 Å². The fourth-order valence-corrected chi connectivity index (χ4v) is 0.249. The SMILES string of the molecule is CCC(=O)C(C)=O.[Cl-].[Cl-].[Cl-].[Cl-].[Ti+4]. The molecular formula is C5H8Cl4O2Ti. The molecule has 0 amide bonds. The number of carbonyl (C=O) groups excluding carboxylic acids is 2. The van der Waals surface area contributed by atoms with Gasteiger partial charge in [0.1, 0.15) is 0 Å². The van der Waals surface area contributed by atoms with E-state index in [0.29, 0.717) is 6.42 Å². The van der Waals surface area contributed by atoms with Gasteiger partial charge in [-0.15, -0.1) is 0 Å². The van der Waals surface area contributed by atoms with Crippen LogP contribution in [-0.4, -0.2) is 11.6 Å². The molecule has 12 heavy (non-hydrogen) atoms. The summed E-state index contributed by atoms with van der Waals surface area (Å²) in [6.07, 6.45) is 0.329. The van der Waals surface area contributed by atoms with E-state index in [2.05, 4.69) is 0 Å². The second-order valence-electron chi connectivity index (χ2n) is 1.33. The van der Waals surface area contributed by atoms with E-state index in [1.807, 2.05) is 0 Å². The summed E-state index contributed by atoms with van der Waals surface area (Å²) in [5, 5.41) is 0. The number of hydrogen-bond acceptors (Lipinski definition) is 2. The standard InChI is InChI=1S/C5H8O2.4ClH.Ti/c1-3-5(7)4(2)6;;;;;/h3H2,1-2H3;4*1H;/q;;;;;+4/p-4. The Morgan fingerprint density at radius 3 is 1.25 bits per heavy atom. The molecule has 0 aromatic heterocycles. The van der Waals surface area contributed by atoms with Crippen LogP contribution < -0.4 is 49.6 Å². The van der Waals surface area contributed by atoms with Crippen LogP contribution in [0.2, 0.25) is 0 Å². The van der Waals surface area contributed by atoms with Gasteiger partial charge >= 0.3 is 21.7 Å². The van der Waals surface area contributed by atoms with Crippen molar-refractivity contribution in [3.8, 4) is 0 Å². The number of hydrogen-bond donors (Lipinski definition) is 0. The first-order valence-corrected chi connectivity index (χ1v) is 2.22. The summed E-state index contributed by atoms with van der Waals surface area (Å²) in [6.45, 7) is 2.95. The Balaban J connectivity index is -0.0000000180. The van der Waals surface area contributed by atoms with Crippen molar-refractivity contribution < 1.29 is 80.9 Å². The minimum absolute atomic E-state index is 0. The van der Waals surface area contributed by atoms with E-state index in [9.17, 15) is 9.59 Å². The number of rotatable bonds is 2. The van der Waals surface area contributed by atoms with E-state index in [4.69, 9.17) is 0 Å². The Kier molecular flexibility index (Phi) is 71.9. The van der Waals surface area contributed by atoms with Crippen molar-refractivity contribution in [3.63, 3.8) is 0 Å². The maximum atomic E-state index is 10.2. The maximum absolute atomic E-state index is 10.2. The van der Waals surface area contributed by atoms with Crippen LogP contribution in [0.4, 0.5) is 0 Å². The third-order valence-electron chi connectivity index (χ3n) is 0.714. The van der Waals surface area contributed by atoms with Gasteiger partial charge < -0.3 is 49.6 Å². The first-order chi connectivity index (χ1) is 3.18. The summed E-state index contributed by atoms with van der Waals surface area (Å²) >= 11 is 0. The average Bonchev–Trinajstić information content (AvgIpc) is 1.65. The predicted octanol–water partition coefficient (Wildman–Crippen LogP) is -11.4. The molecule has 0 aliphatic heterocycles. The average molecular weight is 290 g/mol. The molecule has 0 atom stereocenters. The van der Waals surface area contributed by atoms with E-state index in [-0.39, 0.29) is 82.9 Å². The van der Waals surface area contributed by atoms with Gasteiger partial charge in [0.2, 0.25) is 0 Å². The van der Waals surface area contributed by atoms with Crippen molar-refractivity contribution >= 4 is 11.6 Å². The Morgan fingerprint density at radius 1 is 1.00 bits per heavy atom. The topological polar surface area (TPSA) is 34.1 Å². The van der Waals surface area contributed by atoms with Gasteiger partial charge in [0.25, 0.3) is 0 Å². The summed E-state index contributed by atoms with van der Waals surface area (Å²) < 4.78 is 0. The predicted molar refractivity (Wildman–Crippen MR) is 26.0 cm³/mol. The smallest absolute Gasteiger partial charge is 1.00 e. The summed E-state index contributed by atoms with van der Waals surface area (Å²) in [7, 11) is 0. The fraction of sp³-hybridized carbons (Fsp3) is 0.600. The van der Waals surface area contributed by atoms with Gasteiger partial charge in [0.05, 0.1) is 0 Å². The number of ketones is 2. The van der Waals surface area contributed by atoms with Crippen molar-refractivity contribution in [2.45, 2.75) is 20.3 Å². The third-order valence-corrected chi connectivity index (χ3v) is 0.714. The van der Waals surface area contributed by atoms with Crippen LogP contribution in [0.25, 0.3) is 0 Å². The molecule has 0 heterocycles. The van der Waals surface area contributed by atoms with Gasteiger partial charge in [-0.25, -0.2) is 0 Å². The summed E-state index contributed by atoms with van der Waals surface area (Å²) in [6, 6.07) is 0. The molecule has 0 aliphatic rings. The van der Waals surface area contributed by atoms with E-state index in [1.165, 1.54) is 6.92 Å². The van der Waals surface area contributed by atoms with E-state index >= 15 is 0 Å². The molecule has 0 fully saturated rings. The zero-order valence-electron chi connectivity index (χ0n) is 6.54. The van der Waals surface area contributed by atoms with Crippen molar-refractivity contribution in [1.82, 2.24) is 0 Å². The molecule has 7 heteroatoms. The van der Waals surface area contributed by atoms with E-state index in [1.54, 1.807) is 6.92 Å². The molecule has 0 bridgehead atoms. The number of Topliss-reactive ketones (excluding diaryl/α,β-unsaturated/α-hetero) is 2. The third kappa shape index (κ3) is 22.5. The quantitative estimate of drug-likeness (QED) is 0.374. The van der Waals surface area contributed by atoms with Gasteiger partial charge in [0.15, 0.2) is 11.6 Å². The molecule has 0 unspecified atom stereocenters. The first kappa shape index (κ1) is 37.9. The van der Waals surface area contributed by atoms with Crippen molar-refractivity contribution in [3.05, 3.63) is 0 Å². The minimum Gasteiger partial charge on any atom is -1.00 e. The second-order valence-corrected chi connectivity index (χ2v) is 1.33. The van der Waals surface area contributed by atoms with Crippen molar-refractivity contribution in [2.75, 3.05) is 0 Å². The Bertz CT molecular complexity index is 110. The molecule has 0 aliphatic carbocycles. The maximum Gasteiger partial charge on any atom is 4.00 e. The normalized spacial score (nSPS) is 4.83. The van der Waals surface area contributed by atoms with Crippen LogP contribution in [0.15, 0.2) is 0 Å². The van der Waals surface area contributed by atoms with Gasteiger partial charge in [-0.3, -0.25) is 9.59 Å². The molecule has 0 spiro atoms. The fourth-order valence-electron chi connectivity index (χ4n) is 0.249. The zero-order valence-corrected chi connectivity index (χ0v) is 11.1. The molecule has 0 radical (unpaired) electrons. The summed E-state index contributed by atoms with van der Waals surface area (Å²) in [5.41, 5.74) is 0. The van der Waals surface area contributed by atoms with Crippen LogP contribution in [0.3, 0.4) is 0 Å². The molecule has 72 valence electrons. The van der Waals surface area contributed by atoms with Crippen LogP contribution in [-0.2, 0) is 31.3 Å². The van der Waals surface area contributed by atoms with Crippen molar-refractivity contribution in [2.24, 2.45) is 0 Å². The first-order valence-electron chi connectivity index (χ1n) is 2.22. The molecule has 0 aromatic carbocycles. The van der Waals surface area contributed by atoms with E-state index < -0.39 is 0 Å². The largest absolute Gasteiger partial charge is 4.00 e. The molecular weight excluding hydrogens is 282 g/mol. The summed E-state index contributed by atoms with van der Waals surface area (Å²) in [4.78, 5) is 20.2. The van der Waals surface area contributed by atoms with Gasteiger partial charge in [0, 0.05) is 13.3 Å². The Hall–Kier alpha value is 1.21. The Labute approximate surface area is 112 Å². The van der Waals surface area contributed by atoms with Gasteiger partial charge in [-0.05, 0) is 0 Å². The second kappa shape index (κ2) is 22.8. The Morgan fingerprint density at radius 2 is 1.25 bits per heavy atom. The van der Waals surface area contributed by atoms with Gasteiger partial charge in [-0.2, -0.15) is 0 Å². The zero-order chi connectivity index (χ0) is 5.86. The minimum atomic E-state index is -0.345. The summed E-state index contributed by atoms with van der Waals surface area (Å²) in [5.74, 6) is -0.637. The molecule has 0 N–H and O–H groups in total. The molecule has 0 saturated heterocycles. The monoisotopic (exact) mass is 288 g/mol. The van der Waals surface area contributed by atoms with Crippen LogP contribution >= 0.6 is 0 Å². The molecule has 0 rings (SSSR count). The van der Waals surface area contributed by atoms with Crippen molar-refractivity contribution in [1.29, 1.82) is 0 Å². The molecule has 0 saturated carbocycles. The van der Waals surface area contributed by atoms with E-state index in [0.717, 1.165) is 0 Å². The van der Waals surface area contributed by atoms with Crippen LogP contribution in [0, 0.1) is 0 Å². The van der Waals surface area contributed by atoms with Crippen LogP contribution in [0.5, 0.6) is 0 Å². The number of halogens is 4. The van der Waals surface area contributed by atoms with Gasteiger partial charge in [-0.1, -0.05) is 6.92 Å². The molecule has 0 aromatic rings.